The number of thioether (sulfide) groups is 1. The summed E-state index contributed by atoms with van der Waals surface area (Å²) in [5.41, 5.74) is 0.747. The zero-order valence-corrected chi connectivity index (χ0v) is 13.4. The van der Waals surface area contributed by atoms with E-state index in [9.17, 15) is 4.79 Å². The van der Waals surface area contributed by atoms with Crippen molar-refractivity contribution < 1.29 is 4.79 Å². The van der Waals surface area contributed by atoms with Gasteiger partial charge in [0.25, 0.3) is 5.91 Å². The predicted molar refractivity (Wildman–Crippen MR) is 92.3 cm³/mol. The number of amides is 1. The summed E-state index contributed by atoms with van der Waals surface area (Å²) in [6.45, 7) is 0. The molecule has 1 saturated carbocycles. The summed E-state index contributed by atoms with van der Waals surface area (Å²) in [6, 6.07) is 20.2. The number of hydrogen-bond donors (Lipinski definition) is 1. The van der Waals surface area contributed by atoms with Crippen LogP contribution in [0.25, 0.3) is 0 Å². The van der Waals surface area contributed by atoms with Crippen molar-refractivity contribution >= 4 is 17.7 Å². The van der Waals surface area contributed by atoms with Gasteiger partial charge in [-0.25, -0.2) is 0 Å². The Morgan fingerprint density at radius 2 is 1.55 bits per heavy atom. The van der Waals surface area contributed by atoms with Gasteiger partial charge in [0.05, 0.1) is 0 Å². The highest BCUT2D eigenvalue weighted by molar-refractivity contribution is 8.00. The Labute approximate surface area is 136 Å². The van der Waals surface area contributed by atoms with E-state index in [1.807, 2.05) is 48.2 Å². The molecule has 2 aromatic rings. The Kier molecular flexibility index (Phi) is 5.17. The predicted octanol–water partition coefficient (Wildman–Crippen LogP) is 4.52. The van der Waals surface area contributed by atoms with Crippen LogP contribution < -0.4 is 5.32 Å². The molecule has 0 aromatic heterocycles. The minimum absolute atomic E-state index is 0.0474. The number of carbonyl (C=O) groups is 1. The fraction of sp³-hybridized carbons (Fsp3) is 0.316. The third-order valence-electron chi connectivity index (χ3n) is 4.09. The molecule has 0 unspecified atom stereocenters. The Hall–Kier alpha value is -1.74. The number of benzene rings is 2. The molecule has 3 rings (SSSR count). The van der Waals surface area contributed by atoms with Gasteiger partial charge in [0.1, 0.15) is 0 Å². The Morgan fingerprint density at radius 3 is 2.27 bits per heavy atom. The van der Waals surface area contributed by atoms with Crippen molar-refractivity contribution in [3.63, 3.8) is 0 Å². The number of rotatable bonds is 4. The van der Waals surface area contributed by atoms with Crippen LogP contribution in [0, 0.1) is 0 Å². The normalized spacial score (nSPS) is 21.3. The molecule has 1 aliphatic rings. The molecule has 2 aromatic carbocycles. The van der Waals surface area contributed by atoms with Crippen LogP contribution in [0.5, 0.6) is 0 Å². The quantitative estimate of drug-likeness (QED) is 0.899. The highest BCUT2D eigenvalue weighted by Crippen LogP contribution is 2.33. The molecule has 2 atom stereocenters. The van der Waals surface area contributed by atoms with Gasteiger partial charge >= 0.3 is 0 Å². The molecule has 1 aliphatic carbocycles. The van der Waals surface area contributed by atoms with Gasteiger partial charge in [-0.3, -0.25) is 4.79 Å². The number of hydrogen-bond acceptors (Lipinski definition) is 2. The summed E-state index contributed by atoms with van der Waals surface area (Å²) >= 11 is 1.90. The van der Waals surface area contributed by atoms with Crippen molar-refractivity contribution in [1.82, 2.24) is 5.32 Å². The van der Waals surface area contributed by atoms with Crippen molar-refractivity contribution in [3.8, 4) is 0 Å². The van der Waals surface area contributed by atoms with E-state index in [4.69, 9.17) is 0 Å². The number of nitrogens with one attached hydrogen (secondary N) is 1. The fourth-order valence-electron chi connectivity index (χ4n) is 2.92. The summed E-state index contributed by atoms with van der Waals surface area (Å²) in [5, 5.41) is 3.71. The molecule has 1 N–H and O–H groups in total. The molecule has 0 heterocycles. The first-order valence-corrected chi connectivity index (χ1v) is 8.78. The molecule has 0 aliphatic heterocycles. The maximum absolute atomic E-state index is 12.4. The van der Waals surface area contributed by atoms with Crippen LogP contribution in [-0.4, -0.2) is 17.2 Å². The second-order valence-corrected chi connectivity index (χ2v) is 7.01. The molecular formula is C19H21NOS. The molecule has 3 heteroatoms. The fourth-order valence-corrected chi connectivity index (χ4v) is 4.23. The van der Waals surface area contributed by atoms with Crippen LogP contribution >= 0.6 is 11.8 Å². The second-order valence-electron chi connectivity index (χ2n) is 5.70. The molecule has 1 fully saturated rings. The minimum atomic E-state index is 0.0474. The van der Waals surface area contributed by atoms with E-state index < -0.39 is 0 Å². The van der Waals surface area contributed by atoms with E-state index in [2.05, 4.69) is 29.6 Å². The van der Waals surface area contributed by atoms with Crippen LogP contribution in [0.1, 0.15) is 36.0 Å². The van der Waals surface area contributed by atoms with Gasteiger partial charge in [-0.15, -0.1) is 11.8 Å². The average molecular weight is 311 g/mol. The lowest BCUT2D eigenvalue weighted by Gasteiger charge is -2.31. The van der Waals surface area contributed by atoms with Gasteiger partial charge in [-0.2, -0.15) is 0 Å². The lowest BCUT2D eigenvalue weighted by Crippen LogP contribution is -2.43. The minimum Gasteiger partial charge on any atom is -0.348 e. The summed E-state index contributed by atoms with van der Waals surface area (Å²) in [7, 11) is 0. The lowest BCUT2D eigenvalue weighted by atomic mass is 9.94. The van der Waals surface area contributed by atoms with Gasteiger partial charge in [-0.05, 0) is 37.1 Å². The van der Waals surface area contributed by atoms with Crippen LogP contribution in [-0.2, 0) is 0 Å². The molecule has 22 heavy (non-hydrogen) atoms. The maximum atomic E-state index is 12.4. The lowest BCUT2D eigenvalue weighted by molar-refractivity contribution is 0.0929. The van der Waals surface area contributed by atoms with E-state index in [0.717, 1.165) is 12.0 Å². The highest BCUT2D eigenvalue weighted by atomic mass is 32.2. The smallest absolute Gasteiger partial charge is 0.251 e. The SMILES string of the molecule is O=C(N[C@@H]1CCCC[C@H]1Sc1ccccc1)c1ccccc1. The largest absolute Gasteiger partial charge is 0.348 e. The highest BCUT2D eigenvalue weighted by Gasteiger charge is 2.27. The van der Waals surface area contributed by atoms with Crippen LogP contribution in [0.2, 0.25) is 0 Å². The van der Waals surface area contributed by atoms with Gasteiger partial charge < -0.3 is 5.32 Å². The first kappa shape index (κ1) is 15.2. The van der Waals surface area contributed by atoms with Crippen molar-refractivity contribution in [3.05, 3.63) is 66.2 Å². The summed E-state index contributed by atoms with van der Waals surface area (Å²) < 4.78 is 0. The monoisotopic (exact) mass is 311 g/mol. The third-order valence-corrected chi connectivity index (χ3v) is 5.50. The summed E-state index contributed by atoms with van der Waals surface area (Å²) in [5.74, 6) is 0.0474. The first-order chi connectivity index (χ1) is 10.8. The molecule has 0 spiro atoms. The van der Waals surface area contributed by atoms with E-state index in [1.165, 1.54) is 24.2 Å². The van der Waals surface area contributed by atoms with Crippen molar-refractivity contribution in [2.24, 2.45) is 0 Å². The third kappa shape index (κ3) is 3.92. The van der Waals surface area contributed by atoms with Crippen molar-refractivity contribution in [2.45, 2.75) is 41.9 Å². The van der Waals surface area contributed by atoms with E-state index >= 15 is 0 Å². The van der Waals surface area contributed by atoms with E-state index in [-0.39, 0.29) is 11.9 Å². The Balaban J connectivity index is 1.66. The standard InChI is InChI=1S/C19H21NOS/c21-19(15-9-3-1-4-10-15)20-17-13-7-8-14-18(17)22-16-11-5-2-6-12-16/h1-6,9-12,17-18H,7-8,13-14H2,(H,20,21)/t17-,18-/m1/s1. The van der Waals surface area contributed by atoms with Crippen LogP contribution in [0.15, 0.2) is 65.6 Å². The van der Waals surface area contributed by atoms with Crippen molar-refractivity contribution in [1.29, 1.82) is 0 Å². The van der Waals surface area contributed by atoms with E-state index in [1.54, 1.807) is 0 Å². The van der Waals surface area contributed by atoms with E-state index in [0.29, 0.717) is 5.25 Å². The second kappa shape index (κ2) is 7.50. The van der Waals surface area contributed by atoms with Gasteiger partial charge in [0.15, 0.2) is 0 Å². The van der Waals surface area contributed by atoms with Crippen LogP contribution in [0.4, 0.5) is 0 Å². The van der Waals surface area contributed by atoms with Gasteiger partial charge in [-0.1, -0.05) is 49.2 Å². The molecule has 0 radical (unpaired) electrons. The molecule has 0 saturated heterocycles. The Bertz CT molecular complexity index is 599. The molecule has 0 bridgehead atoms. The zero-order chi connectivity index (χ0) is 15.2. The van der Waals surface area contributed by atoms with Crippen LogP contribution in [0.3, 0.4) is 0 Å². The summed E-state index contributed by atoms with van der Waals surface area (Å²) in [4.78, 5) is 13.7. The van der Waals surface area contributed by atoms with Gasteiger partial charge in [0, 0.05) is 21.8 Å². The average Bonchev–Trinajstić information content (AvgIpc) is 2.58. The van der Waals surface area contributed by atoms with Crippen molar-refractivity contribution in [2.75, 3.05) is 0 Å². The molecular weight excluding hydrogens is 290 g/mol. The molecule has 2 nitrogen and oxygen atoms in total. The zero-order valence-electron chi connectivity index (χ0n) is 12.6. The topological polar surface area (TPSA) is 29.1 Å². The first-order valence-electron chi connectivity index (χ1n) is 7.90. The Morgan fingerprint density at radius 1 is 0.909 bits per heavy atom. The molecule has 1 amide bonds. The number of carbonyl (C=O) groups excluding carboxylic acids is 1. The molecule has 114 valence electrons. The van der Waals surface area contributed by atoms with Gasteiger partial charge in [0.2, 0.25) is 0 Å². The maximum Gasteiger partial charge on any atom is 0.251 e. The summed E-state index contributed by atoms with van der Waals surface area (Å²) in [6.07, 6.45) is 4.69.